The van der Waals surface area contributed by atoms with Crippen molar-refractivity contribution in [2.75, 3.05) is 0 Å². The summed E-state index contributed by atoms with van der Waals surface area (Å²) in [6, 6.07) is 5.80. The van der Waals surface area contributed by atoms with Gasteiger partial charge < -0.3 is 4.57 Å². The van der Waals surface area contributed by atoms with E-state index in [9.17, 15) is 0 Å². The molecule has 3 nitrogen and oxygen atoms in total. The first-order chi connectivity index (χ1) is 9.02. The van der Waals surface area contributed by atoms with Gasteiger partial charge in [0.2, 0.25) is 0 Å². The smallest absolute Gasteiger partial charge is 0.164 e. The van der Waals surface area contributed by atoms with E-state index in [1.54, 1.807) is 0 Å². The molecule has 0 atom stereocenters. The Hall–Kier alpha value is -1.06. The molecule has 2 rings (SSSR count). The minimum atomic E-state index is 0.360. The lowest BCUT2D eigenvalue weighted by molar-refractivity contribution is 0.515. The SMILES string of the molecule is Cc1ccc(Cl)cc1-c1nnc(CCl)n1CC(C)C. The zero-order valence-electron chi connectivity index (χ0n) is 11.3. The summed E-state index contributed by atoms with van der Waals surface area (Å²) in [5.41, 5.74) is 2.14. The number of rotatable bonds is 4. The number of aromatic nitrogens is 3. The summed E-state index contributed by atoms with van der Waals surface area (Å²) in [7, 11) is 0. The zero-order valence-corrected chi connectivity index (χ0v) is 12.8. The van der Waals surface area contributed by atoms with E-state index in [1.165, 1.54) is 0 Å². The largest absolute Gasteiger partial charge is 0.310 e. The van der Waals surface area contributed by atoms with E-state index in [2.05, 4.69) is 28.6 Å². The average Bonchev–Trinajstić information content (AvgIpc) is 2.74. The van der Waals surface area contributed by atoms with E-state index in [1.807, 2.05) is 25.1 Å². The lowest BCUT2D eigenvalue weighted by Gasteiger charge is -2.13. The first-order valence-corrected chi connectivity index (χ1v) is 7.18. The van der Waals surface area contributed by atoms with E-state index in [-0.39, 0.29) is 0 Å². The number of hydrogen-bond acceptors (Lipinski definition) is 2. The highest BCUT2D eigenvalue weighted by Gasteiger charge is 2.16. The predicted octanol–water partition coefficient (Wildman–Crippen LogP) is 4.30. The molecule has 0 fully saturated rings. The van der Waals surface area contributed by atoms with Crippen molar-refractivity contribution < 1.29 is 0 Å². The maximum Gasteiger partial charge on any atom is 0.164 e. The van der Waals surface area contributed by atoms with Gasteiger partial charge in [-0.3, -0.25) is 0 Å². The molecule has 0 aliphatic rings. The minimum absolute atomic E-state index is 0.360. The van der Waals surface area contributed by atoms with Crippen molar-refractivity contribution in [2.24, 2.45) is 5.92 Å². The summed E-state index contributed by atoms with van der Waals surface area (Å²) >= 11 is 12.0. The topological polar surface area (TPSA) is 30.7 Å². The van der Waals surface area contributed by atoms with Gasteiger partial charge in [0.25, 0.3) is 0 Å². The number of hydrogen-bond donors (Lipinski definition) is 0. The Bertz CT molecular complexity index is 576. The number of benzene rings is 1. The molecule has 0 saturated carbocycles. The lowest BCUT2D eigenvalue weighted by Crippen LogP contribution is -2.09. The maximum absolute atomic E-state index is 6.08. The van der Waals surface area contributed by atoms with Crippen molar-refractivity contribution in [3.63, 3.8) is 0 Å². The highest BCUT2D eigenvalue weighted by atomic mass is 35.5. The van der Waals surface area contributed by atoms with Crippen LogP contribution in [0.1, 0.15) is 25.2 Å². The second-order valence-corrected chi connectivity index (χ2v) is 5.74. The lowest BCUT2D eigenvalue weighted by atomic mass is 10.1. The highest BCUT2D eigenvalue weighted by Crippen LogP contribution is 2.26. The average molecular weight is 298 g/mol. The second-order valence-electron chi connectivity index (χ2n) is 5.04. The molecule has 0 radical (unpaired) electrons. The van der Waals surface area contributed by atoms with E-state index >= 15 is 0 Å². The third-order valence-electron chi connectivity index (χ3n) is 2.94. The van der Waals surface area contributed by atoms with Crippen LogP contribution in [0.15, 0.2) is 18.2 Å². The molecular formula is C14H17Cl2N3. The Morgan fingerprint density at radius 2 is 2.00 bits per heavy atom. The van der Waals surface area contributed by atoms with Gasteiger partial charge in [0, 0.05) is 17.1 Å². The van der Waals surface area contributed by atoms with Gasteiger partial charge in [-0.2, -0.15) is 0 Å². The first-order valence-electron chi connectivity index (χ1n) is 6.27. The molecule has 19 heavy (non-hydrogen) atoms. The normalized spacial score (nSPS) is 11.3. The highest BCUT2D eigenvalue weighted by molar-refractivity contribution is 6.30. The van der Waals surface area contributed by atoms with Crippen LogP contribution in [0.5, 0.6) is 0 Å². The van der Waals surface area contributed by atoms with Crippen LogP contribution in [-0.4, -0.2) is 14.8 Å². The van der Waals surface area contributed by atoms with Gasteiger partial charge in [0.15, 0.2) is 5.82 Å². The quantitative estimate of drug-likeness (QED) is 0.788. The van der Waals surface area contributed by atoms with Gasteiger partial charge >= 0.3 is 0 Å². The molecule has 1 heterocycles. The van der Waals surface area contributed by atoms with Crippen LogP contribution < -0.4 is 0 Å². The zero-order chi connectivity index (χ0) is 14.0. The van der Waals surface area contributed by atoms with Gasteiger partial charge in [-0.15, -0.1) is 21.8 Å². The van der Waals surface area contributed by atoms with E-state index in [4.69, 9.17) is 23.2 Å². The van der Waals surface area contributed by atoms with Crippen molar-refractivity contribution >= 4 is 23.2 Å². The molecule has 0 saturated heterocycles. The van der Waals surface area contributed by atoms with Crippen LogP contribution in [-0.2, 0) is 12.4 Å². The summed E-state index contributed by atoms with van der Waals surface area (Å²) in [6.45, 7) is 7.20. The molecule has 0 bridgehead atoms. The fourth-order valence-electron chi connectivity index (χ4n) is 2.03. The van der Waals surface area contributed by atoms with Gasteiger partial charge in [-0.25, -0.2) is 0 Å². The summed E-state index contributed by atoms with van der Waals surface area (Å²) in [5, 5.41) is 9.16. The van der Waals surface area contributed by atoms with Crippen molar-refractivity contribution in [3.8, 4) is 11.4 Å². The standard InChI is InChI=1S/C14H17Cl2N3/c1-9(2)8-19-13(7-15)17-18-14(19)12-6-11(16)5-4-10(12)3/h4-6,9H,7-8H2,1-3H3. The Morgan fingerprint density at radius 1 is 1.26 bits per heavy atom. The van der Waals surface area contributed by atoms with Gasteiger partial charge in [0.05, 0.1) is 5.88 Å². The Labute approximate surface area is 123 Å². The monoisotopic (exact) mass is 297 g/mol. The number of halogens is 2. The van der Waals surface area contributed by atoms with Crippen LogP contribution in [0.4, 0.5) is 0 Å². The van der Waals surface area contributed by atoms with Crippen LogP contribution in [0.3, 0.4) is 0 Å². The molecule has 5 heteroatoms. The van der Waals surface area contributed by atoms with Crippen molar-refractivity contribution in [1.29, 1.82) is 0 Å². The summed E-state index contributed by atoms with van der Waals surface area (Å²) in [6.07, 6.45) is 0. The summed E-state index contributed by atoms with van der Waals surface area (Å²) in [5.74, 6) is 2.49. The Morgan fingerprint density at radius 3 is 2.63 bits per heavy atom. The van der Waals surface area contributed by atoms with E-state index in [0.717, 1.165) is 29.3 Å². The van der Waals surface area contributed by atoms with E-state index < -0.39 is 0 Å². The maximum atomic E-state index is 6.08. The first kappa shape index (κ1) is 14.4. The molecule has 0 aliphatic heterocycles. The summed E-state index contributed by atoms with van der Waals surface area (Å²) < 4.78 is 2.08. The fourth-order valence-corrected chi connectivity index (χ4v) is 2.40. The third kappa shape index (κ3) is 3.10. The molecule has 1 aromatic heterocycles. The number of nitrogens with zero attached hydrogens (tertiary/aromatic N) is 3. The van der Waals surface area contributed by atoms with Crippen LogP contribution in [0.25, 0.3) is 11.4 Å². The van der Waals surface area contributed by atoms with Crippen molar-refractivity contribution in [2.45, 2.75) is 33.2 Å². The Kier molecular flexibility index (Phi) is 4.48. The van der Waals surface area contributed by atoms with Crippen molar-refractivity contribution in [3.05, 3.63) is 34.6 Å². The molecule has 0 N–H and O–H groups in total. The van der Waals surface area contributed by atoms with Gasteiger partial charge in [-0.05, 0) is 30.5 Å². The fraction of sp³-hybridized carbons (Fsp3) is 0.429. The Balaban J connectivity index is 2.55. The number of alkyl halides is 1. The molecule has 0 spiro atoms. The van der Waals surface area contributed by atoms with E-state index in [0.29, 0.717) is 16.8 Å². The third-order valence-corrected chi connectivity index (χ3v) is 3.41. The molecule has 0 unspecified atom stereocenters. The number of aryl methyl sites for hydroxylation is 1. The van der Waals surface area contributed by atoms with Gasteiger partial charge in [-0.1, -0.05) is 31.5 Å². The van der Waals surface area contributed by atoms with Gasteiger partial charge in [0.1, 0.15) is 5.82 Å². The van der Waals surface area contributed by atoms with Crippen LogP contribution >= 0.6 is 23.2 Å². The van der Waals surface area contributed by atoms with Crippen LogP contribution in [0.2, 0.25) is 5.02 Å². The molecule has 0 amide bonds. The predicted molar refractivity (Wildman–Crippen MR) is 79.6 cm³/mol. The van der Waals surface area contributed by atoms with Crippen LogP contribution in [0, 0.1) is 12.8 Å². The molecule has 0 aliphatic carbocycles. The molecular weight excluding hydrogens is 281 g/mol. The van der Waals surface area contributed by atoms with Crippen molar-refractivity contribution in [1.82, 2.24) is 14.8 Å². The summed E-state index contributed by atoms with van der Waals surface area (Å²) in [4.78, 5) is 0. The molecule has 1 aromatic carbocycles. The molecule has 102 valence electrons. The molecule has 2 aromatic rings. The minimum Gasteiger partial charge on any atom is -0.310 e. The second kappa shape index (κ2) is 5.93.